The number of imide groups is 1. The number of rotatable bonds is 3. The Morgan fingerprint density at radius 2 is 1.62 bits per heavy atom. The van der Waals surface area contributed by atoms with Gasteiger partial charge in [-0.15, -0.1) is 11.6 Å². The number of hydrogen-bond acceptors (Lipinski definition) is 3. The van der Waals surface area contributed by atoms with E-state index in [9.17, 15) is 14.4 Å². The van der Waals surface area contributed by atoms with E-state index in [4.69, 9.17) is 11.6 Å². The molecule has 4 rings (SSSR count). The fourth-order valence-electron chi connectivity index (χ4n) is 3.80. The average molecular weight is 369 g/mol. The Bertz CT molecular complexity index is 876. The van der Waals surface area contributed by atoms with Crippen molar-refractivity contribution in [3.8, 4) is 0 Å². The number of amides is 3. The van der Waals surface area contributed by atoms with Gasteiger partial charge in [0.2, 0.25) is 5.91 Å². The van der Waals surface area contributed by atoms with Crippen molar-refractivity contribution in [2.75, 3.05) is 19.0 Å². The molecule has 2 heterocycles. The fourth-order valence-corrected chi connectivity index (χ4v) is 3.96. The molecule has 2 aliphatic heterocycles. The third kappa shape index (κ3) is 2.59. The van der Waals surface area contributed by atoms with Crippen LogP contribution in [0.1, 0.15) is 37.9 Å². The third-order valence-electron chi connectivity index (χ3n) is 5.08. The Morgan fingerprint density at radius 3 is 2.27 bits per heavy atom. The van der Waals surface area contributed by atoms with Crippen molar-refractivity contribution in [3.05, 3.63) is 70.8 Å². The molecule has 0 spiro atoms. The molecule has 0 saturated carbocycles. The third-order valence-corrected chi connectivity index (χ3v) is 5.31. The summed E-state index contributed by atoms with van der Waals surface area (Å²) in [5, 5.41) is 0. The van der Waals surface area contributed by atoms with Crippen LogP contribution >= 0.6 is 11.6 Å². The molecular formula is C20H17ClN2O3. The van der Waals surface area contributed by atoms with Crippen molar-refractivity contribution in [3.63, 3.8) is 0 Å². The minimum atomic E-state index is -0.381. The van der Waals surface area contributed by atoms with Gasteiger partial charge in [0.05, 0.1) is 23.7 Å². The summed E-state index contributed by atoms with van der Waals surface area (Å²) in [7, 11) is 0. The monoisotopic (exact) mass is 368 g/mol. The molecule has 2 aromatic carbocycles. The maximum atomic E-state index is 12.7. The first-order valence-electron chi connectivity index (χ1n) is 8.50. The zero-order valence-electron chi connectivity index (χ0n) is 14.0. The smallest absolute Gasteiger partial charge is 0.261 e. The number of fused-ring (bicyclic) bond motifs is 2. The lowest BCUT2D eigenvalue weighted by molar-refractivity contribution is -0.131. The van der Waals surface area contributed by atoms with Crippen LogP contribution in [0, 0.1) is 0 Å². The van der Waals surface area contributed by atoms with Crippen molar-refractivity contribution in [2.45, 2.75) is 12.5 Å². The highest BCUT2D eigenvalue weighted by Gasteiger charge is 2.40. The number of nitrogens with zero attached hydrogens (tertiary/aromatic N) is 2. The highest BCUT2D eigenvalue weighted by Crippen LogP contribution is 2.33. The van der Waals surface area contributed by atoms with E-state index < -0.39 is 0 Å². The molecular weight excluding hydrogens is 352 g/mol. The number of carbonyl (C=O) groups is 3. The Kier molecular flexibility index (Phi) is 4.24. The summed E-state index contributed by atoms with van der Waals surface area (Å²) >= 11 is 5.79. The van der Waals surface area contributed by atoms with Crippen LogP contribution < -0.4 is 0 Å². The maximum Gasteiger partial charge on any atom is 0.261 e. The zero-order valence-corrected chi connectivity index (χ0v) is 14.8. The topological polar surface area (TPSA) is 57.7 Å². The van der Waals surface area contributed by atoms with Crippen molar-refractivity contribution in [1.29, 1.82) is 0 Å². The van der Waals surface area contributed by atoms with E-state index in [-0.39, 0.29) is 36.2 Å². The van der Waals surface area contributed by atoms with Crippen LogP contribution in [0.25, 0.3) is 0 Å². The molecule has 0 fully saturated rings. The molecule has 3 amide bonds. The molecule has 0 N–H and O–H groups in total. The quantitative estimate of drug-likeness (QED) is 0.618. The maximum absolute atomic E-state index is 12.7. The molecule has 0 unspecified atom stereocenters. The normalized spacial score (nSPS) is 18.7. The standard InChI is InChI=1S/C20H17ClN2O3/c21-11-18(24)22-10-9-13-5-1-2-6-14(13)17(22)12-23-19(25)15-7-3-4-8-16(15)20(23)26/h1-8,17H,9-12H2/t17-/m1/s1. The van der Waals surface area contributed by atoms with E-state index in [0.717, 1.165) is 17.5 Å². The molecule has 0 radical (unpaired) electrons. The van der Waals surface area contributed by atoms with Crippen LogP contribution in [0.15, 0.2) is 48.5 Å². The van der Waals surface area contributed by atoms with Gasteiger partial charge in [-0.3, -0.25) is 19.3 Å². The van der Waals surface area contributed by atoms with Crippen LogP contribution in [0.4, 0.5) is 0 Å². The second-order valence-corrected chi connectivity index (χ2v) is 6.72. The van der Waals surface area contributed by atoms with Gasteiger partial charge in [0.25, 0.3) is 11.8 Å². The van der Waals surface area contributed by atoms with Crippen LogP contribution in [0.3, 0.4) is 0 Å². The Hall–Kier alpha value is -2.66. The number of hydrogen-bond donors (Lipinski definition) is 0. The van der Waals surface area contributed by atoms with Crippen molar-refractivity contribution < 1.29 is 14.4 Å². The van der Waals surface area contributed by atoms with Gasteiger partial charge in [0.1, 0.15) is 5.88 Å². The number of carbonyl (C=O) groups excluding carboxylic acids is 3. The largest absolute Gasteiger partial charge is 0.332 e. The molecule has 0 aromatic heterocycles. The van der Waals surface area contributed by atoms with Crippen LogP contribution in [0.5, 0.6) is 0 Å². The van der Waals surface area contributed by atoms with Gasteiger partial charge < -0.3 is 4.90 Å². The number of halogens is 1. The van der Waals surface area contributed by atoms with Crippen LogP contribution in [0.2, 0.25) is 0 Å². The minimum absolute atomic E-state index is 0.124. The van der Waals surface area contributed by atoms with Gasteiger partial charge in [0, 0.05) is 6.54 Å². The second-order valence-electron chi connectivity index (χ2n) is 6.45. The fraction of sp³-hybridized carbons (Fsp3) is 0.250. The molecule has 5 nitrogen and oxygen atoms in total. The lowest BCUT2D eigenvalue weighted by Gasteiger charge is -2.38. The Labute approximate surface area is 156 Å². The average Bonchev–Trinajstić information content (AvgIpc) is 2.93. The summed E-state index contributed by atoms with van der Waals surface area (Å²) in [4.78, 5) is 40.7. The summed E-state index contributed by atoms with van der Waals surface area (Å²) in [6.07, 6.45) is 0.734. The van der Waals surface area contributed by atoms with Crippen molar-refractivity contribution in [2.24, 2.45) is 0 Å². The summed E-state index contributed by atoms with van der Waals surface area (Å²) in [6.45, 7) is 0.655. The minimum Gasteiger partial charge on any atom is -0.332 e. The van der Waals surface area contributed by atoms with Gasteiger partial charge >= 0.3 is 0 Å². The van der Waals surface area contributed by atoms with E-state index >= 15 is 0 Å². The predicted octanol–water partition coefficient (Wildman–Crippen LogP) is 2.65. The van der Waals surface area contributed by atoms with Gasteiger partial charge in [-0.25, -0.2) is 0 Å². The first-order chi connectivity index (χ1) is 12.6. The van der Waals surface area contributed by atoms with Gasteiger partial charge in [-0.1, -0.05) is 36.4 Å². The number of alkyl halides is 1. The van der Waals surface area contributed by atoms with E-state index in [1.54, 1.807) is 29.2 Å². The van der Waals surface area contributed by atoms with Gasteiger partial charge in [-0.05, 0) is 29.7 Å². The van der Waals surface area contributed by atoms with Crippen LogP contribution in [-0.4, -0.2) is 46.5 Å². The number of benzene rings is 2. The summed E-state index contributed by atoms with van der Waals surface area (Å²) < 4.78 is 0. The lowest BCUT2D eigenvalue weighted by Crippen LogP contribution is -2.47. The van der Waals surface area contributed by atoms with Crippen molar-refractivity contribution >= 4 is 29.3 Å². The highest BCUT2D eigenvalue weighted by atomic mass is 35.5. The first kappa shape index (κ1) is 16.8. The Balaban J connectivity index is 1.70. The van der Waals surface area contributed by atoms with E-state index in [1.165, 1.54) is 4.90 Å². The summed E-state index contributed by atoms with van der Waals surface area (Å²) in [5.74, 6) is -0.942. The second kappa shape index (κ2) is 6.57. The molecule has 2 aromatic rings. The van der Waals surface area contributed by atoms with E-state index in [0.29, 0.717) is 17.7 Å². The SMILES string of the molecule is O=C1c2ccccc2C(=O)N1C[C@@H]1c2ccccc2CCN1C(=O)CCl. The van der Waals surface area contributed by atoms with Crippen LogP contribution in [-0.2, 0) is 11.2 Å². The first-order valence-corrected chi connectivity index (χ1v) is 9.03. The molecule has 26 heavy (non-hydrogen) atoms. The lowest BCUT2D eigenvalue weighted by atomic mass is 9.92. The molecule has 0 aliphatic carbocycles. The molecule has 0 saturated heterocycles. The molecule has 132 valence electrons. The molecule has 0 bridgehead atoms. The van der Waals surface area contributed by atoms with Gasteiger partial charge in [0.15, 0.2) is 0 Å². The zero-order chi connectivity index (χ0) is 18.3. The Morgan fingerprint density at radius 1 is 1.00 bits per heavy atom. The van der Waals surface area contributed by atoms with E-state index in [2.05, 4.69) is 0 Å². The molecule has 6 heteroatoms. The predicted molar refractivity (Wildman–Crippen MR) is 97.1 cm³/mol. The molecule has 2 aliphatic rings. The molecule has 1 atom stereocenters. The summed E-state index contributed by atoms with van der Waals surface area (Å²) in [5.41, 5.74) is 2.93. The highest BCUT2D eigenvalue weighted by molar-refractivity contribution is 6.27. The van der Waals surface area contributed by atoms with Crippen molar-refractivity contribution in [1.82, 2.24) is 9.80 Å². The van der Waals surface area contributed by atoms with Gasteiger partial charge in [-0.2, -0.15) is 0 Å². The van der Waals surface area contributed by atoms with E-state index in [1.807, 2.05) is 24.3 Å². The summed E-state index contributed by atoms with van der Waals surface area (Å²) in [6, 6.07) is 14.3.